The first-order valence-corrected chi connectivity index (χ1v) is 11.6. The van der Waals surface area contributed by atoms with E-state index in [2.05, 4.69) is 25.5 Å². The number of sulfonamides is 1. The van der Waals surface area contributed by atoms with Crippen molar-refractivity contribution in [3.63, 3.8) is 0 Å². The Hall–Kier alpha value is -3.97. The van der Waals surface area contributed by atoms with Gasteiger partial charge in [-0.25, -0.2) is 18.4 Å². The maximum Gasteiger partial charge on any atom is 0.295 e. The fourth-order valence-electron chi connectivity index (χ4n) is 2.97. The van der Waals surface area contributed by atoms with Crippen LogP contribution in [0.25, 0.3) is 0 Å². The van der Waals surface area contributed by atoms with Gasteiger partial charge in [-0.1, -0.05) is 6.07 Å². The van der Waals surface area contributed by atoms with Crippen molar-refractivity contribution in [2.45, 2.75) is 31.8 Å². The van der Waals surface area contributed by atoms with Gasteiger partial charge in [-0.15, -0.1) is 4.83 Å². The molecule has 0 aliphatic rings. The third-order valence-corrected chi connectivity index (χ3v) is 6.19. The average molecular weight is 488 g/mol. The van der Waals surface area contributed by atoms with Crippen LogP contribution in [0, 0.1) is 13.8 Å². The highest BCUT2D eigenvalue weighted by Crippen LogP contribution is 2.15. The fourth-order valence-corrected chi connectivity index (χ4v) is 3.82. The number of rotatable bonds is 9. The van der Waals surface area contributed by atoms with Gasteiger partial charge >= 0.3 is 0 Å². The number of aryl methyl sites for hydroxylation is 2. The number of hydrogen-bond donors (Lipinski definition) is 4. The number of nitrogens with one attached hydrogen (secondary N) is 3. The number of carbonyl (C=O) groups excluding carboxylic acids is 1. The molecule has 1 amide bonds. The smallest absolute Gasteiger partial charge is 0.295 e. The molecule has 0 unspecified atom stereocenters. The number of pyridine rings is 1. The van der Waals surface area contributed by atoms with Crippen molar-refractivity contribution in [2.24, 2.45) is 0 Å². The van der Waals surface area contributed by atoms with Gasteiger partial charge in [0.2, 0.25) is 11.7 Å². The normalized spacial score (nSPS) is 11.1. The Morgan fingerprint density at radius 2 is 1.85 bits per heavy atom. The minimum atomic E-state index is -3.99. The van der Waals surface area contributed by atoms with Crippen molar-refractivity contribution >= 4 is 27.6 Å². The summed E-state index contributed by atoms with van der Waals surface area (Å²) in [5, 5.41) is 2.73. The lowest BCUT2D eigenvalue weighted by molar-refractivity contribution is -0.121. The van der Waals surface area contributed by atoms with Gasteiger partial charge in [-0.3, -0.25) is 19.6 Å². The lowest BCUT2D eigenvalue weighted by Gasteiger charge is -2.14. The van der Waals surface area contributed by atoms with Crippen LogP contribution >= 0.6 is 0 Å². The lowest BCUT2D eigenvalue weighted by Crippen LogP contribution is -2.38. The molecule has 5 N–H and O–H groups in total. The van der Waals surface area contributed by atoms with Crippen LogP contribution in [0.5, 0.6) is 5.75 Å². The molecule has 0 aliphatic heterocycles. The van der Waals surface area contributed by atoms with E-state index in [1.54, 1.807) is 26.0 Å². The third-order valence-electron chi connectivity index (χ3n) is 4.92. The predicted molar refractivity (Wildman–Crippen MR) is 125 cm³/mol. The van der Waals surface area contributed by atoms with Crippen LogP contribution in [0.1, 0.15) is 17.0 Å². The molecule has 0 radical (unpaired) electrons. The fraction of sp³-hybridized carbons (Fsp3) is 0.238. The maximum absolute atomic E-state index is 12.8. The minimum Gasteiger partial charge on any atom is -0.497 e. The van der Waals surface area contributed by atoms with Crippen LogP contribution in [-0.4, -0.2) is 36.0 Å². The molecule has 0 fully saturated rings. The molecule has 12 nitrogen and oxygen atoms in total. The number of benzene rings is 1. The molecule has 34 heavy (non-hydrogen) atoms. The number of amides is 1. The van der Waals surface area contributed by atoms with E-state index in [4.69, 9.17) is 10.5 Å². The number of carbonyl (C=O) groups is 1. The van der Waals surface area contributed by atoms with Gasteiger partial charge in [-0.2, -0.15) is 0 Å². The SMILES string of the molecule is COc1ccc(S(=O)(=O)NNc2ncc(C)n(CC(=O)NCc3ccc(N)nc3C)c2=O)cc1. The van der Waals surface area contributed by atoms with Gasteiger partial charge in [0.1, 0.15) is 18.1 Å². The van der Waals surface area contributed by atoms with Gasteiger partial charge in [0.05, 0.1) is 12.0 Å². The molecule has 3 aromatic rings. The largest absolute Gasteiger partial charge is 0.497 e. The standard InChI is InChI=1S/C21H25N7O5S/c1-13-10-24-20(26-27-34(31,32)17-7-5-16(33-3)6-8-17)21(30)28(13)12-19(29)23-11-15-4-9-18(22)25-14(15)2/h4-10,27H,11-12H2,1-3H3,(H2,22,25)(H,23,29)(H,24,26). The highest BCUT2D eigenvalue weighted by molar-refractivity contribution is 7.89. The van der Waals surface area contributed by atoms with Crippen molar-refractivity contribution in [2.75, 3.05) is 18.3 Å². The summed E-state index contributed by atoms with van der Waals surface area (Å²) >= 11 is 0. The van der Waals surface area contributed by atoms with Crippen LogP contribution in [0.3, 0.4) is 0 Å². The first-order valence-electron chi connectivity index (χ1n) is 10.1. The summed E-state index contributed by atoms with van der Waals surface area (Å²) in [4.78, 5) is 35.4. The Morgan fingerprint density at radius 3 is 2.50 bits per heavy atom. The van der Waals surface area contributed by atoms with E-state index in [-0.39, 0.29) is 23.8 Å². The molecular formula is C21H25N7O5S. The van der Waals surface area contributed by atoms with E-state index in [0.29, 0.717) is 23.0 Å². The van der Waals surface area contributed by atoms with E-state index in [0.717, 1.165) is 5.56 Å². The number of nitrogen functional groups attached to an aromatic ring is 1. The molecule has 0 spiro atoms. The van der Waals surface area contributed by atoms with Crippen LogP contribution in [0.4, 0.5) is 11.6 Å². The Labute approximate surface area is 196 Å². The summed E-state index contributed by atoms with van der Waals surface area (Å²) in [5.74, 6) is 0.178. The minimum absolute atomic E-state index is 0.0416. The number of hydrazine groups is 1. The van der Waals surface area contributed by atoms with Crippen LogP contribution in [0.15, 0.2) is 52.3 Å². The number of methoxy groups -OCH3 is 1. The molecule has 2 aromatic heterocycles. The molecule has 180 valence electrons. The van der Waals surface area contributed by atoms with Crippen molar-refractivity contribution < 1.29 is 17.9 Å². The van der Waals surface area contributed by atoms with Gasteiger partial charge < -0.3 is 15.8 Å². The van der Waals surface area contributed by atoms with E-state index in [1.807, 2.05) is 0 Å². The zero-order valence-corrected chi connectivity index (χ0v) is 19.6. The zero-order valence-electron chi connectivity index (χ0n) is 18.8. The highest BCUT2D eigenvalue weighted by Gasteiger charge is 2.17. The summed E-state index contributed by atoms with van der Waals surface area (Å²) in [7, 11) is -2.53. The second-order valence-corrected chi connectivity index (χ2v) is 8.99. The first-order chi connectivity index (χ1) is 16.1. The Balaban J connectivity index is 1.68. The summed E-state index contributed by atoms with van der Waals surface area (Å²) < 4.78 is 31.2. The van der Waals surface area contributed by atoms with E-state index in [9.17, 15) is 18.0 Å². The second kappa shape index (κ2) is 10.3. The molecule has 0 aliphatic carbocycles. The molecule has 0 saturated heterocycles. The third kappa shape index (κ3) is 5.88. The summed E-state index contributed by atoms with van der Waals surface area (Å²) in [5.41, 5.74) is 9.19. The monoisotopic (exact) mass is 487 g/mol. The van der Waals surface area contributed by atoms with Crippen molar-refractivity contribution in [1.82, 2.24) is 24.7 Å². The number of nitrogens with zero attached hydrogens (tertiary/aromatic N) is 3. The molecule has 3 rings (SSSR count). The molecule has 13 heteroatoms. The second-order valence-electron chi connectivity index (χ2n) is 7.30. The van der Waals surface area contributed by atoms with Crippen molar-refractivity contribution in [3.05, 3.63) is 69.9 Å². The van der Waals surface area contributed by atoms with Crippen molar-refractivity contribution in [1.29, 1.82) is 0 Å². The molecule has 2 heterocycles. The Morgan fingerprint density at radius 1 is 1.15 bits per heavy atom. The van der Waals surface area contributed by atoms with Gasteiger partial charge in [0.15, 0.2) is 0 Å². The molecule has 0 bridgehead atoms. The Kier molecular flexibility index (Phi) is 7.48. The van der Waals surface area contributed by atoms with Gasteiger partial charge in [0.25, 0.3) is 15.6 Å². The lowest BCUT2D eigenvalue weighted by atomic mass is 10.2. The molecule has 0 saturated carbocycles. The summed E-state index contributed by atoms with van der Waals surface area (Å²) in [6, 6.07) is 9.09. The first kappa shape index (κ1) is 24.7. The number of ether oxygens (including phenoxy) is 1. The maximum atomic E-state index is 12.8. The summed E-state index contributed by atoms with van der Waals surface area (Å²) in [6.07, 6.45) is 1.35. The topological polar surface area (TPSA) is 170 Å². The van der Waals surface area contributed by atoms with Gasteiger partial charge in [0, 0.05) is 24.1 Å². The van der Waals surface area contributed by atoms with Crippen LogP contribution < -0.4 is 31.6 Å². The van der Waals surface area contributed by atoms with Crippen LogP contribution in [0.2, 0.25) is 0 Å². The predicted octanol–water partition coefficient (Wildman–Crippen LogP) is 0.468. The molecular weight excluding hydrogens is 462 g/mol. The van der Waals surface area contributed by atoms with Gasteiger partial charge in [-0.05, 0) is 49.7 Å². The number of anilines is 2. The van der Waals surface area contributed by atoms with Crippen LogP contribution in [-0.2, 0) is 27.9 Å². The molecule has 1 aromatic carbocycles. The van der Waals surface area contributed by atoms with E-state index >= 15 is 0 Å². The summed E-state index contributed by atoms with van der Waals surface area (Å²) in [6.45, 7) is 3.32. The number of nitrogens with two attached hydrogens (primary N) is 1. The van der Waals surface area contributed by atoms with E-state index in [1.165, 1.54) is 42.1 Å². The molecule has 0 atom stereocenters. The highest BCUT2D eigenvalue weighted by atomic mass is 32.2. The average Bonchev–Trinajstić information content (AvgIpc) is 2.80. The Bertz CT molecular complexity index is 1350. The number of aromatic nitrogens is 3. The van der Waals surface area contributed by atoms with E-state index < -0.39 is 21.5 Å². The zero-order chi connectivity index (χ0) is 24.9. The quantitative estimate of drug-likeness (QED) is 0.313. The van der Waals surface area contributed by atoms with Crippen molar-refractivity contribution in [3.8, 4) is 5.75 Å². The number of hydrogen-bond acceptors (Lipinski definition) is 9.